The highest BCUT2D eigenvalue weighted by Crippen LogP contribution is 2.27. The number of hydrogen-bond donors (Lipinski definition) is 1. The number of anilines is 1. The Kier molecular flexibility index (Phi) is 4.45. The molecule has 1 aromatic carbocycles. The second kappa shape index (κ2) is 5.41. The summed E-state index contributed by atoms with van der Waals surface area (Å²) in [4.78, 5) is 11.6. The molecular formula is C11H15NO6S2. The van der Waals surface area contributed by atoms with Crippen LogP contribution in [0.1, 0.15) is 0 Å². The molecule has 0 aliphatic rings. The van der Waals surface area contributed by atoms with Gasteiger partial charge in [0.1, 0.15) is 6.54 Å². The van der Waals surface area contributed by atoms with Crippen LogP contribution in [0.25, 0.3) is 0 Å². The number of aliphatic carboxylic acids is 1. The highest BCUT2D eigenvalue weighted by Gasteiger charge is 2.20. The van der Waals surface area contributed by atoms with E-state index in [2.05, 4.69) is 0 Å². The predicted molar refractivity (Wildman–Crippen MR) is 73.6 cm³/mol. The Bertz CT molecular complexity index is 736. The van der Waals surface area contributed by atoms with Gasteiger partial charge in [-0.05, 0) is 18.2 Å². The van der Waals surface area contributed by atoms with Crippen LogP contribution in [0.2, 0.25) is 0 Å². The van der Waals surface area contributed by atoms with Gasteiger partial charge in [0.05, 0.1) is 15.5 Å². The number of carbonyl (C=O) groups is 1. The maximum Gasteiger partial charge on any atom is 0.323 e. The molecule has 0 radical (unpaired) electrons. The number of carboxylic acid groups (broad SMARTS) is 1. The highest BCUT2D eigenvalue weighted by molar-refractivity contribution is 7.91. The molecule has 0 unspecified atom stereocenters. The van der Waals surface area contributed by atoms with Crippen LogP contribution in [0.4, 0.5) is 5.69 Å². The molecule has 0 spiro atoms. The summed E-state index contributed by atoms with van der Waals surface area (Å²) in [5, 5.41) is 8.74. The number of benzene rings is 1. The lowest BCUT2D eigenvalue weighted by molar-refractivity contribution is -0.135. The molecule has 0 aliphatic carbocycles. The van der Waals surface area contributed by atoms with Crippen LogP contribution in [0.3, 0.4) is 0 Å². The molecule has 0 bridgehead atoms. The number of sulfone groups is 2. The molecule has 1 N–H and O–H groups in total. The van der Waals surface area contributed by atoms with Crippen LogP contribution in [0, 0.1) is 0 Å². The fourth-order valence-electron chi connectivity index (χ4n) is 1.63. The van der Waals surface area contributed by atoms with Gasteiger partial charge in [-0.3, -0.25) is 4.79 Å². The van der Waals surface area contributed by atoms with Crippen molar-refractivity contribution in [3.63, 3.8) is 0 Å². The summed E-state index contributed by atoms with van der Waals surface area (Å²) >= 11 is 0. The number of nitrogens with zero attached hydrogens (tertiary/aromatic N) is 1. The van der Waals surface area contributed by atoms with Crippen molar-refractivity contribution in [2.24, 2.45) is 0 Å². The third-order valence-electron chi connectivity index (χ3n) is 2.54. The number of likely N-dealkylation sites (N-methyl/N-ethyl adjacent to an activating group) is 1. The molecule has 0 aliphatic heterocycles. The van der Waals surface area contributed by atoms with Crippen molar-refractivity contribution in [3.8, 4) is 0 Å². The maximum atomic E-state index is 11.8. The molecule has 0 saturated carbocycles. The van der Waals surface area contributed by atoms with Gasteiger partial charge in [-0.1, -0.05) is 0 Å². The highest BCUT2D eigenvalue weighted by atomic mass is 32.2. The van der Waals surface area contributed by atoms with Gasteiger partial charge in [0.15, 0.2) is 19.7 Å². The van der Waals surface area contributed by atoms with Crippen molar-refractivity contribution in [1.29, 1.82) is 0 Å². The van der Waals surface area contributed by atoms with E-state index in [-0.39, 0.29) is 15.5 Å². The Balaban J connectivity index is 3.51. The lowest BCUT2D eigenvalue weighted by atomic mass is 10.3. The third kappa shape index (κ3) is 3.94. The van der Waals surface area contributed by atoms with E-state index in [9.17, 15) is 21.6 Å². The summed E-state index contributed by atoms with van der Waals surface area (Å²) < 4.78 is 46.4. The largest absolute Gasteiger partial charge is 0.480 e. The van der Waals surface area contributed by atoms with Gasteiger partial charge in [-0.2, -0.15) is 0 Å². The molecule has 20 heavy (non-hydrogen) atoms. The number of carboxylic acids is 1. The van der Waals surface area contributed by atoms with Gasteiger partial charge in [0, 0.05) is 19.6 Å². The van der Waals surface area contributed by atoms with E-state index in [1.165, 1.54) is 24.1 Å². The zero-order valence-electron chi connectivity index (χ0n) is 11.2. The molecule has 0 saturated heterocycles. The van der Waals surface area contributed by atoms with Crippen molar-refractivity contribution in [2.75, 3.05) is 31.0 Å². The Labute approximate surface area is 117 Å². The van der Waals surface area contributed by atoms with Crippen molar-refractivity contribution in [1.82, 2.24) is 0 Å². The summed E-state index contributed by atoms with van der Waals surface area (Å²) in [6.45, 7) is -0.402. The van der Waals surface area contributed by atoms with E-state index in [1.54, 1.807) is 0 Å². The first kappa shape index (κ1) is 16.4. The molecule has 1 aromatic rings. The molecule has 9 heteroatoms. The normalized spacial score (nSPS) is 12.2. The summed E-state index contributed by atoms with van der Waals surface area (Å²) in [6.07, 6.45) is 1.90. The van der Waals surface area contributed by atoms with E-state index >= 15 is 0 Å². The van der Waals surface area contributed by atoms with Crippen molar-refractivity contribution in [3.05, 3.63) is 18.2 Å². The quantitative estimate of drug-likeness (QED) is 0.814. The molecular weight excluding hydrogens is 306 g/mol. The van der Waals surface area contributed by atoms with Gasteiger partial charge in [-0.25, -0.2) is 16.8 Å². The van der Waals surface area contributed by atoms with E-state index in [1.807, 2.05) is 0 Å². The van der Waals surface area contributed by atoms with Crippen molar-refractivity contribution < 1.29 is 26.7 Å². The minimum absolute atomic E-state index is 0.134. The van der Waals surface area contributed by atoms with Crippen LogP contribution in [0.15, 0.2) is 28.0 Å². The minimum atomic E-state index is -3.70. The number of rotatable bonds is 5. The monoisotopic (exact) mass is 321 g/mol. The van der Waals surface area contributed by atoms with Crippen LogP contribution < -0.4 is 4.90 Å². The SMILES string of the molecule is CN(CC(=O)O)c1ccc(S(C)(=O)=O)cc1S(C)(=O)=O. The first-order valence-corrected chi connectivity index (χ1v) is 9.18. The van der Waals surface area contributed by atoms with E-state index < -0.39 is 32.2 Å². The van der Waals surface area contributed by atoms with Crippen LogP contribution in [-0.2, 0) is 24.5 Å². The average molecular weight is 321 g/mol. The Morgan fingerprint density at radius 3 is 2.10 bits per heavy atom. The Morgan fingerprint density at radius 2 is 1.70 bits per heavy atom. The first-order chi connectivity index (χ1) is 8.93. The lowest BCUT2D eigenvalue weighted by Gasteiger charge is -2.20. The smallest absolute Gasteiger partial charge is 0.323 e. The predicted octanol–water partition coefficient (Wildman–Crippen LogP) is 0.0144. The summed E-state index contributed by atoms with van der Waals surface area (Å²) in [6, 6.07) is 3.58. The average Bonchev–Trinajstić information content (AvgIpc) is 2.24. The maximum absolute atomic E-state index is 11.8. The second-order valence-corrected chi connectivity index (χ2v) is 8.42. The molecule has 0 atom stereocenters. The van der Waals surface area contributed by atoms with E-state index in [4.69, 9.17) is 5.11 Å². The van der Waals surface area contributed by atoms with Crippen LogP contribution in [-0.4, -0.2) is 54.0 Å². The first-order valence-electron chi connectivity index (χ1n) is 5.40. The van der Waals surface area contributed by atoms with Gasteiger partial charge in [0.2, 0.25) is 0 Å². The molecule has 0 aromatic heterocycles. The summed E-state index contributed by atoms with van der Waals surface area (Å²) in [5.41, 5.74) is 0.141. The minimum Gasteiger partial charge on any atom is -0.480 e. The van der Waals surface area contributed by atoms with E-state index in [0.29, 0.717) is 0 Å². The molecule has 0 amide bonds. The molecule has 0 fully saturated rings. The molecule has 0 heterocycles. The standard InChI is InChI=1S/C11H15NO6S2/c1-12(7-11(13)14)9-5-4-8(19(2,15)16)6-10(9)20(3,17)18/h4-6H,7H2,1-3H3,(H,13,14). The molecule has 7 nitrogen and oxygen atoms in total. The van der Waals surface area contributed by atoms with Gasteiger partial charge in [-0.15, -0.1) is 0 Å². The Hall–Kier alpha value is -1.61. The summed E-state index contributed by atoms with van der Waals surface area (Å²) in [5.74, 6) is -1.13. The summed E-state index contributed by atoms with van der Waals surface area (Å²) in [7, 11) is -5.83. The van der Waals surface area contributed by atoms with Crippen LogP contribution in [0.5, 0.6) is 0 Å². The fraction of sp³-hybridized carbons (Fsp3) is 0.364. The molecule has 1 rings (SSSR count). The lowest BCUT2D eigenvalue weighted by Crippen LogP contribution is -2.26. The Morgan fingerprint density at radius 1 is 1.15 bits per heavy atom. The van der Waals surface area contributed by atoms with Gasteiger partial charge in [0.25, 0.3) is 0 Å². The van der Waals surface area contributed by atoms with Gasteiger partial charge < -0.3 is 10.0 Å². The molecule has 112 valence electrons. The zero-order valence-corrected chi connectivity index (χ0v) is 12.8. The second-order valence-electron chi connectivity index (χ2n) is 4.42. The number of hydrogen-bond acceptors (Lipinski definition) is 6. The van der Waals surface area contributed by atoms with Crippen molar-refractivity contribution >= 4 is 31.3 Å². The van der Waals surface area contributed by atoms with Crippen LogP contribution >= 0.6 is 0 Å². The van der Waals surface area contributed by atoms with Crippen molar-refractivity contribution in [2.45, 2.75) is 9.79 Å². The topological polar surface area (TPSA) is 109 Å². The zero-order chi connectivity index (χ0) is 15.7. The third-order valence-corrected chi connectivity index (χ3v) is 4.78. The van der Waals surface area contributed by atoms with Gasteiger partial charge >= 0.3 is 5.97 Å². The van der Waals surface area contributed by atoms with E-state index in [0.717, 1.165) is 18.6 Å². The fourth-order valence-corrected chi connectivity index (χ4v) is 3.29.